The van der Waals surface area contributed by atoms with Crippen molar-refractivity contribution < 1.29 is 14.6 Å². The molecule has 88 valence electrons. The molecule has 0 saturated heterocycles. The van der Waals surface area contributed by atoms with Crippen LogP contribution in [-0.2, 0) is 4.74 Å². The molecule has 0 fully saturated rings. The molecule has 0 amide bonds. The number of ether oxygens (including phenoxy) is 2. The highest BCUT2D eigenvalue weighted by atomic mass is 35.5. The Bertz CT molecular complexity index is 405. The van der Waals surface area contributed by atoms with Crippen molar-refractivity contribution in [1.82, 2.24) is 0 Å². The van der Waals surface area contributed by atoms with Gasteiger partial charge in [-0.3, -0.25) is 0 Å². The summed E-state index contributed by atoms with van der Waals surface area (Å²) in [6.07, 6.45) is -1.02. The molecule has 4 heteroatoms. The van der Waals surface area contributed by atoms with E-state index in [1.807, 2.05) is 19.9 Å². The van der Waals surface area contributed by atoms with E-state index < -0.39 is 6.10 Å². The van der Waals surface area contributed by atoms with Crippen molar-refractivity contribution in [2.45, 2.75) is 32.2 Å². The van der Waals surface area contributed by atoms with Crippen LogP contribution >= 0.6 is 11.6 Å². The highest BCUT2D eigenvalue weighted by Crippen LogP contribution is 2.43. The van der Waals surface area contributed by atoms with Gasteiger partial charge in [-0.2, -0.15) is 0 Å². The summed E-state index contributed by atoms with van der Waals surface area (Å²) in [7, 11) is 1.56. The molecule has 3 nitrogen and oxygen atoms in total. The summed E-state index contributed by atoms with van der Waals surface area (Å²) in [6.45, 7) is 3.78. The standard InChI is InChI=1S/C12H15ClO3/c1-6-8-4-5-9(15-3)11(13)10(8)12(14)7(2)16-6/h4-7,12,14H,1-3H3/t6-,7-,12-/m1/s1. The summed E-state index contributed by atoms with van der Waals surface area (Å²) in [5.41, 5.74) is 1.66. The molecule has 16 heavy (non-hydrogen) atoms. The molecular formula is C12H15ClO3. The summed E-state index contributed by atoms with van der Waals surface area (Å²) in [5, 5.41) is 10.6. The minimum atomic E-state index is -0.700. The first-order chi connectivity index (χ1) is 7.56. The number of aliphatic hydroxyl groups is 1. The lowest BCUT2D eigenvalue weighted by Crippen LogP contribution is -2.27. The minimum Gasteiger partial charge on any atom is -0.495 e. The Morgan fingerprint density at radius 2 is 2.06 bits per heavy atom. The maximum atomic E-state index is 10.1. The number of benzene rings is 1. The van der Waals surface area contributed by atoms with E-state index in [1.165, 1.54) is 0 Å². The number of aliphatic hydroxyl groups excluding tert-OH is 1. The molecular weight excluding hydrogens is 228 g/mol. The summed E-state index contributed by atoms with van der Waals surface area (Å²) in [4.78, 5) is 0. The van der Waals surface area contributed by atoms with Crippen LogP contribution in [0.5, 0.6) is 5.75 Å². The maximum Gasteiger partial charge on any atom is 0.137 e. The van der Waals surface area contributed by atoms with Crippen LogP contribution in [0.2, 0.25) is 5.02 Å². The topological polar surface area (TPSA) is 38.7 Å². The predicted octanol–water partition coefficient (Wildman–Crippen LogP) is 2.86. The first-order valence-corrected chi connectivity index (χ1v) is 5.63. The number of rotatable bonds is 1. The molecule has 1 aliphatic rings. The molecule has 3 atom stereocenters. The molecule has 0 aliphatic carbocycles. The third-order valence-electron chi connectivity index (χ3n) is 3.00. The lowest BCUT2D eigenvalue weighted by molar-refractivity contribution is -0.0808. The van der Waals surface area contributed by atoms with Crippen LogP contribution < -0.4 is 4.74 Å². The Kier molecular flexibility index (Phi) is 3.10. The first-order valence-electron chi connectivity index (χ1n) is 5.26. The second-order valence-corrected chi connectivity index (χ2v) is 4.39. The van der Waals surface area contributed by atoms with Crippen LogP contribution in [0.4, 0.5) is 0 Å². The van der Waals surface area contributed by atoms with E-state index in [4.69, 9.17) is 21.1 Å². The fraction of sp³-hybridized carbons (Fsp3) is 0.500. The lowest BCUT2D eigenvalue weighted by Gasteiger charge is -2.33. The van der Waals surface area contributed by atoms with Gasteiger partial charge in [0.2, 0.25) is 0 Å². The molecule has 0 spiro atoms. The zero-order valence-corrected chi connectivity index (χ0v) is 10.3. The van der Waals surface area contributed by atoms with Crippen molar-refractivity contribution >= 4 is 11.6 Å². The van der Waals surface area contributed by atoms with Crippen LogP contribution in [0.1, 0.15) is 37.2 Å². The Labute approximate surface area is 99.9 Å². The zero-order chi connectivity index (χ0) is 11.9. The molecule has 0 unspecified atom stereocenters. The summed E-state index contributed by atoms with van der Waals surface area (Å²) >= 11 is 6.21. The summed E-state index contributed by atoms with van der Waals surface area (Å²) in [6, 6.07) is 3.68. The average Bonchev–Trinajstić information content (AvgIpc) is 2.26. The van der Waals surface area contributed by atoms with Gasteiger partial charge in [0.15, 0.2) is 0 Å². The van der Waals surface area contributed by atoms with Gasteiger partial charge < -0.3 is 14.6 Å². The molecule has 0 saturated carbocycles. The monoisotopic (exact) mass is 242 g/mol. The Hall–Kier alpha value is -0.770. The largest absolute Gasteiger partial charge is 0.495 e. The molecule has 1 heterocycles. The third kappa shape index (κ3) is 1.69. The Morgan fingerprint density at radius 1 is 1.38 bits per heavy atom. The SMILES string of the molecule is COc1ccc2c(c1Cl)[C@H](O)[C@@H](C)O[C@@H]2C. The van der Waals surface area contributed by atoms with Crippen molar-refractivity contribution in [2.24, 2.45) is 0 Å². The minimum absolute atomic E-state index is 0.0585. The van der Waals surface area contributed by atoms with Crippen LogP contribution in [0.15, 0.2) is 12.1 Å². The second kappa shape index (κ2) is 4.24. The fourth-order valence-electron chi connectivity index (χ4n) is 2.11. The van der Waals surface area contributed by atoms with Crippen LogP contribution in [0.3, 0.4) is 0 Å². The third-order valence-corrected chi connectivity index (χ3v) is 3.38. The first kappa shape index (κ1) is 11.7. The molecule has 1 aliphatic heterocycles. The zero-order valence-electron chi connectivity index (χ0n) is 9.53. The number of hydrogen-bond acceptors (Lipinski definition) is 3. The van der Waals surface area contributed by atoms with Crippen LogP contribution in [0, 0.1) is 0 Å². The number of hydrogen-bond donors (Lipinski definition) is 1. The molecule has 2 rings (SSSR count). The number of methoxy groups -OCH3 is 1. The second-order valence-electron chi connectivity index (χ2n) is 4.01. The fourth-order valence-corrected chi connectivity index (χ4v) is 2.47. The Morgan fingerprint density at radius 3 is 2.69 bits per heavy atom. The summed E-state index contributed by atoms with van der Waals surface area (Å²) in [5.74, 6) is 0.584. The lowest BCUT2D eigenvalue weighted by atomic mass is 9.92. The molecule has 0 aromatic heterocycles. The van der Waals surface area contributed by atoms with Crippen molar-refractivity contribution in [2.75, 3.05) is 7.11 Å². The maximum absolute atomic E-state index is 10.1. The van der Waals surface area contributed by atoms with Crippen molar-refractivity contribution in [3.63, 3.8) is 0 Å². The normalized spacial score (nSPS) is 28.7. The van der Waals surface area contributed by atoms with Crippen molar-refractivity contribution in [3.05, 3.63) is 28.3 Å². The van der Waals surface area contributed by atoms with Gasteiger partial charge in [-0.15, -0.1) is 0 Å². The number of fused-ring (bicyclic) bond motifs is 1. The van der Waals surface area contributed by atoms with Gasteiger partial charge in [0, 0.05) is 5.56 Å². The van der Waals surface area contributed by atoms with E-state index in [0.717, 1.165) is 11.1 Å². The van der Waals surface area contributed by atoms with Gasteiger partial charge in [-0.25, -0.2) is 0 Å². The van der Waals surface area contributed by atoms with E-state index in [-0.39, 0.29) is 12.2 Å². The van der Waals surface area contributed by atoms with Crippen LogP contribution in [-0.4, -0.2) is 18.3 Å². The van der Waals surface area contributed by atoms with Gasteiger partial charge in [0.1, 0.15) is 11.9 Å². The van der Waals surface area contributed by atoms with E-state index in [0.29, 0.717) is 10.8 Å². The number of halogens is 1. The Balaban J connectivity index is 2.59. The van der Waals surface area contributed by atoms with Gasteiger partial charge in [0.05, 0.1) is 24.3 Å². The van der Waals surface area contributed by atoms with E-state index in [2.05, 4.69) is 0 Å². The van der Waals surface area contributed by atoms with Gasteiger partial charge in [0.25, 0.3) is 0 Å². The van der Waals surface area contributed by atoms with E-state index >= 15 is 0 Å². The van der Waals surface area contributed by atoms with Gasteiger partial charge >= 0.3 is 0 Å². The van der Waals surface area contributed by atoms with E-state index in [1.54, 1.807) is 13.2 Å². The highest BCUT2D eigenvalue weighted by molar-refractivity contribution is 6.33. The average molecular weight is 243 g/mol. The van der Waals surface area contributed by atoms with Gasteiger partial charge in [-0.05, 0) is 25.5 Å². The smallest absolute Gasteiger partial charge is 0.137 e. The molecule has 0 radical (unpaired) electrons. The predicted molar refractivity (Wildman–Crippen MR) is 61.9 cm³/mol. The van der Waals surface area contributed by atoms with E-state index in [9.17, 15) is 5.11 Å². The van der Waals surface area contributed by atoms with Crippen molar-refractivity contribution in [1.29, 1.82) is 0 Å². The molecule has 1 aromatic rings. The van der Waals surface area contributed by atoms with Crippen LogP contribution in [0.25, 0.3) is 0 Å². The molecule has 1 N–H and O–H groups in total. The highest BCUT2D eigenvalue weighted by Gasteiger charge is 2.32. The quantitative estimate of drug-likeness (QED) is 0.823. The molecule has 1 aromatic carbocycles. The van der Waals surface area contributed by atoms with Crippen molar-refractivity contribution in [3.8, 4) is 5.75 Å². The molecule has 0 bridgehead atoms. The summed E-state index contributed by atoms with van der Waals surface area (Å²) < 4.78 is 10.7. The van der Waals surface area contributed by atoms with Gasteiger partial charge in [-0.1, -0.05) is 17.7 Å².